The fourth-order valence-corrected chi connectivity index (χ4v) is 9.26. The molecule has 5 nitrogen and oxygen atoms in total. The van der Waals surface area contributed by atoms with Crippen LogP contribution in [-0.2, 0) is 17.7 Å². The number of hydrogen-bond donors (Lipinski definition) is 0. The Morgan fingerprint density at radius 1 is 0.955 bits per heavy atom. The highest BCUT2D eigenvalue weighted by Gasteiger charge is 2.48. The van der Waals surface area contributed by atoms with E-state index >= 15 is 0 Å². The van der Waals surface area contributed by atoms with Gasteiger partial charge in [-0.3, -0.25) is 4.57 Å². The Labute approximate surface area is 138 Å². The quantitative estimate of drug-likeness (QED) is 0.506. The van der Waals surface area contributed by atoms with Gasteiger partial charge in [-0.1, -0.05) is 0 Å². The van der Waals surface area contributed by atoms with Gasteiger partial charge in [-0.25, -0.2) is 0 Å². The molecule has 0 radical (unpaired) electrons. The molecule has 1 heterocycles. The first-order chi connectivity index (χ1) is 10.6. The van der Waals surface area contributed by atoms with Crippen LogP contribution in [0.3, 0.4) is 0 Å². The first-order valence-electron chi connectivity index (χ1n) is 8.86. The lowest BCUT2D eigenvalue weighted by molar-refractivity contribution is 0.135. The van der Waals surface area contributed by atoms with Gasteiger partial charge in [0.2, 0.25) is 0 Å². The fourth-order valence-electron chi connectivity index (χ4n) is 3.31. The predicted molar refractivity (Wildman–Crippen MR) is 94.3 cm³/mol. The maximum Gasteiger partial charge on any atom is 0.427 e. The minimum absolute atomic E-state index is 0.739. The summed E-state index contributed by atoms with van der Waals surface area (Å²) < 4.78 is 26.6. The van der Waals surface area contributed by atoms with Crippen LogP contribution in [0.15, 0.2) is 0 Å². The van der Waals surface area contributed by atoms with Crippen LogP contribution in [0.1, 0.15) is 40.5 Å². The molecule has 0 spiro atoms. The molecule has 1 aliphatic rings. The van der Waals surface area contributed by atoms with E-state index in [2.05, 4.69) is 25.0 Å². The van der Waals surface area contributed by atoms with Gasteiger partial charge in [0.15, 0.2) is 0 Å². The average Bonchev–Trinajstić information content (AvgIpc) is 2.83. The van der Waals surface area contributed by atoms with Crippen LogP contribution in [0, 0.1) is 0 Å². The highest BCUT2D eigenvalue weighted by atomic mass is 28.4. The maximum atomic E-state index is 6.11. The van der Waals surface area contributed by atoms with Crippen LogP contribution < -0.4 is 0 Å². The van der Waals surface area contributed by atoms with E-state index in [9.17, 15) is 0 Å². The zero-order valence-corrected chi connectivity index (χ0v) is 17.2. The largest absolute Gasteiger partial charge is 0.427 e. The lowest BCUT2D eigenvalue weighted by atomic mass is 10.4. The molecule has 1 saturated heterocycles. The second-order valence-electron chi connectivity index (χ2n) is 5.77. The molecule has 0 aromatic heterocycles. The molecule has 1 aliphatic heterocycles. The molecule has 7 heteroatoms. The van der Waals surface area contributed by atoms with E-state index in [1.54, 1.807) is 0 Å². The van der Waals surface area contributed by atoms with Crippen molar-refractivity contribution < 1.29 is 17.7 Å². The number of rotatable bonds is 12. The van der Waals surface area contributed by atoms with E-state index in [1.807, 2.05) is 13.8 Å². The van der Waals surface area contributed by atoms with E-state index in [-0.39, 0.29) is 0 Å². The zero-order valence-electron chi connectivity index (χ0n) is 15.2. The first-order valence-corrected chi connectivity index (χ1v) is 13.4. The van der Waals surface area contributed by atoms with Gasteiger partial charge in [0.1, 0.15) is 0 Å². The van der Waals surface area contributed by atoms with Gasteiger partial charge >= 0.3 is 17.3 Å². The molecular formula is C15H35NO4Si2. The van der Waals surface area contributed by atoms with Gasteiger partial charge in [-0.2, -0.15) is 0 Å². The summed E-state index contributed by atoms with van der Waals surface area (Å²) in [6.45, 7) is 15.5. The van der Waals surface area contributed by atoms with Crippen molar-refractivity contribution in [3.63, 3.8) is 0 Å². The SMILES string of the molecule is CCO[Si](C)(CCCN1CCC[Si]1(OCC)OCC)OCC. The van der Waals surface area contributed by atoms with E-state index in [0.29, 0.717) is 0 Å². The van der Waals surface area contributed by atoms with Gasteiger partial charge in [0, 0.05) is 32.5 Å². The Morgan fingerprint density at radius 2 is 1.55 bits per heavy atom. The van der Waals surface area contributed by atoms with Crippen LogP contribution in [0.2, 0.25) is 18.6 Å². The molecule has 132 valence electrons. The highest BCUT2D eigenvalue weighted by Crippen LogP contribution is 2.29. The minimum atomic E-state index is -2.13. The van der Waals surface area contributed by atoms with Crippen molar-refractivity contribution in [3.05, 3.63) is 0 Å². The highest BCUT2D eigenvalue weighted by molar-refractivity contribution is 6.66. The molecule has 0 unspecified atom stereocenters. The van der Waals surface area contributed by atoms with Crippen LogP contribution in [0.5, 0.6) is 0 Å². The van der Waals surface area contributed by atoms with Crippen molar-refractivity contribution in [2.45, 2.75) is 59.2 Å². The third-order valence-electron chi connectivity index (χ3n) is 4.10. The number of hydrogen-bond acceptors (Lipinski definition) is 5. The maximum absolute atomic E-state index is 6.11. The normalized spacial score (nSPS) is 19.0. The summed E-state index contributed by atoms with van der Waals surface area (Å²) in [4.78, 5) is 0. The first kappa shape index (κ1) is 20.3. The summed E-state index contributed by atoms with van der Waals surface area (Å²) in [5.41, 5.74) is 0. The molecule has 0 atom stereocenters. The van der Waals surface area contributed by atoms with Gasteiger partial charge in [-0.15, -0.1) is 0 Å². The molecule has 22 heavy (non-hydrogen) atoms. The fraction of sp³-hybridized carbons (Fsp3) is 1.00. The molecule has 1 fully saturated rings. The topological polar surface area (TPSA) is 40.2 Å². The molecule has 0 aromatic rings. The standard InChI is InChI=1S/C15H35NO4Si2/c1-6-17-21(5,18-7-2)14-10-12-16-13-11-15-22(16,19-8-3)20-9-4/h6-15H2,1-5H3. The molecule has 0 aromatic carbocycles. The van der Waals surface area contributed by atoms with Crippen molar-refractivity contribution in [2.75, 3.05) is 39.5 Å². The predicted octanol–water partition coefficient (Wildman–Crippen LogP) is 3.24. The molecule has 1 rings (SSSR count). The van der Waals surface area contributed by atoms with Crippen molar-refractivity contribution in [1.29, 1.82) is 0 Å². The molecule has 0 N–H and O–H groups in total. The second-order valence-corrected chi connectivity index (χ2v) is 12.3. The van der Waals surface area contributed by atoms with Crippen molar-refractivity contribution in [2.24, 2.45) is 0 Å². The third-order valence-corrected chi connectivity index (χ3v) is 11.0. The summed E-state index contributed by atoms with van der Waals surface area (Å²) in [5, 5.41) is 0. The monoisotopic (exact) mass is 349 g/mol. The molecule has 0 amide bonds. The summed E-state index contributed by atoms with van der Waals surface area (Å²) in [6, 6.07) is 2.13. The second kappa shape index (κ2) is 10.2. The van der Waals surface area contributed by atoms with E-state index in [1.165, 1.54) is 6.42 Å². The van der Waals surface area contributed by atoms with E-state index in [4.69, 9.17) is 17.7 Å². The van der Waals surface area contributed by atoms with Crippen LogP contribution in [-0.4, -0.2) is 61.4 Å². The summed E-state index contributed by atoms with van der Waals surface area (Å²) in [7, 11) is -4.13. The van der Waals surface area contributed by atoms with Crippen molar-refractivity contribution in [1.82, 2.24) is 4.57 Å². The van der Waals surface area contributed by atoms with Gasteiger partial charge in [0.25, 0.3) is 0 Å². The summed E-state index contributed by atoms with van der Waals surface area (Å²) >= 11 is 0. The van der Waals surface area contributed by atoms with Crippen LogP contribution in [0.25, 0.3) is 0 Å². The van der Waals surface area contributed by atoms with Gasteiger partial charge < -0.3 is 17.7 Å². The molecule has 0 aliphatic carbocycles. The number of nitrogens with zero attached hydrogens (tertiary/aromatic N) is 1. The summed E-state index contributed by atoms with van der Waals surface area (Å²) in [6.07, 6.45) is 2.29. The van der Waals surface area contributed by atoms with E-state index in [0.717, 1.165) is 58.0 Å². The average molecular weight is 350 g/mol. The Kier molecular flexibility index (Phi) is 9.38. The zero-order chi connectivity index (χ0) is 16.5. The smallest absolute Gasteiger partial charge is 0.395 e. The van der Waals surface area contributed by atoms with Gasteiger partial charge in [-0.05, 0) is 66.2 Å². The van der Waals surface area contributed by atoms with Crippen molar-refractivity contribution >= 4 is 17.3 Å². The Bertz CT molecular complexity index is 295. The molecular weight excluding hydrogens is 314 g/mol. The Hall–Kier alpha value is 0.234. The third kappa shape index (κ3) is 5.70. The molecule has 0 saturated carbocycles. The lowest BCUT2D eigenvalue weighted by Gasteiger charge is -2.34. The van der Waals surface area contributed by atoms with Gasteiger partial charge in [0.05, 0.1) is 0 Å². The van der Waals surface area contributed by atoms with E-state index < -0.39 is 17.3 Å². The molecule has 0 bridgehead atoms. The van der Waals surface area contributed by atoms with Crippen LogP contribution >= 0.6 is 0 Å². The summed E-state index contributed by atoms with van der Waals surface area (Å²) in [5.74, 6) is 0. The van der Waals surface area contributed by atoms with Crippen molar-refractivity contribution in [3.8, 4) is 0 Å². The minimum Gasteiger partial charge on any atom is -0.395 e. The van der Waals surface area contributed by atoms with Crippen LogP contribution in [0.4, 0.5) is 0 Å². The Balaban J connectivity index is 2.54. The lowest BCUT2D eigenvalue weighted by Crippen LogP contribution is -2.55. The Morgan fingerprint density at radius 3 is 2.05 bits per heavy atom.